The molecule has 1 fully saturated rings. The molecule has 1 aliphatic heterocycles. The van der Waals surface area contributed by atoms with Crippen molar-refractivity contribution in [1.29, 1.82) is 0 Å². The highest BCUT2D eigenvalue weighted by atomic mass is 16.5. The van der Waals surface area contributed by atoms with Crippen LogP contribution >= 0.6 is 0 Å². The van der Waals surface area contributed by atoms with E-state index in [9.17, 15) is 9.90 Å². The Bertz CT molecular complexity index is 704. The maximum absolute atomic E-state index is 12.5. The highest BCUT2D eigenvalue weighted by molar-refractivity contribution is 5.76. The first-order valence-corrected chi connectivity index (χ1v) is 8.28. The summed E-state index contributed by atoms with van der Waals surface area (Å²) in [6.07, 6.45) is 4.96. The molecule has 0 aliphatic carbocycles. The number of rotatable bonds is 5. The molecular formula is C18H23N3O4. The third-order valence-electron chi connectivity index (χ3n) is 4.18. The van der Waals surface area contributed by atoms with Crippen LogP contribution in [0.25, 0.3) is 0 Å². The Morgan fingerprint density at radius 1 is 1.44 bits per heavy atom. The number of carbonyl (C=O) groups is 1. The van der Waals surface area contributed by atoms with Gasteiger partial charge in [-0.2, -0.15) is 0 Å². The van der Waals surface area contributed by atoms with Gasteiger partial charge in [-0.3, -0.25) is 4.79 Å². The van der Waals surface area contributed by atoms with Crippen molar-refractivity contribution in [2.45, 2.75) is 19.1 Å². The van der Waals surface area contributed by atoms with Crippen LogP contribution in [0.5, 0.6) is 5.75 Å². The third kappa shape index (κ3) is 4.58. The van der Waals surface area contributed by atoms with E-state index in [-0.39, 0.29) is 32.2 Å². The van der Waals surface area contributed by atoms with Gasteiger partial charge in [0.2, 0.25) is 5.91 Å². The van der Waals surface area contributed by atoms with Crippen LogP contribution in [-0.2, 0) is 16.1 Å². The van der Waals surface area contributed by atoms with Gasteiger partial charge < -0.3 is 24.0 Å². The quantitative estimate of drug-likeness (QED) is 0.870. The fourth-order valence-electron chi connectivity index (χ4n) is 2.78. The van der Waals surface area contributed by atoms with E-state index in [0.29, 0.717) is 13.2 Å². The summed E-state index contributed by atoms with van der Waals surface area (Å²) in [5.41, 5.74) is -0.252. The summed E-state index contributed by atoms with van der Waals surface area (Å²) < 4.78 is 13.0. The number of para-hydroxylation sites is 1. The first-order valence-electron chi connectivity index (χ1n) is 8.28. The monoisotopic (exact) mass is 345 g/mol. The predicted molar refractivity (Wildman–Crippen MR) is 91.2 cm³/mol. The first-order chi connectivity index (χ1) is 12.1. The molecule has 0 bridgehead atoms. The fourth-order valence-corrected chi connectivity index (χ4v) is 2.78. The topological polar surface area (TPSA) is 76.8 Å². The van der Waals surface area contributed by atoms with Gasteiger partial charge >= 0.3 is 0 Å². The van der Waals surface area contributed by atoms with E-state index in [1.807, 2.05) is 31.2 Å². The maximum atomic E-state index is 12.5. The summed E-state index contributed by atoms with van der Waals surface area (Å²) in [6, 6.07) is 7.63. The van der Waals surface area contributed by atoms with Gasteiger partial charge in [0.15, 0.2) is 0 Å². The molecule has 1 unspecified atom stereocenters. The zero-order valence-electron chi connectivity index (χ0n) is 14.3. The SMILES string of the molecule is Cc1ccccc1OCC1(O)COCCN(C(=O)Cn2ccnc2)C1. The lowest BCUT2D eigenvalue weighted by Gasteiger charge is -2.30. The van der Waals surface area contributed by atoms with Crippen molar-refractivity contribution in [2.24, 2.45) is 0 Å². The Morgan fingerprint density at radius 2 is 2.28 bits per heavy atom. The number of aromatic nitrogens is 2. The summed E-state index contributed by atoms with van der Waals surface area (Å²) in [5.74, 6) is 0.634. The average Bonchev–Trinajstić information content (AvgIpc) is 3.02. The van der Waals surface area contributed by atoms with Crippen molar-refractivity contribution in [1.82, 2.24) is 14.5 Å². The number of amides is 1. The number of imidazole rings is 1. The lowest BCUT2D eigenvalue weighted by Crippen LogP contribution is -2.50. The van der Waals surface area contributed by atoms with E-state index < -0.39 is 5.60 Å². The molecule has 1 amide bonds. The smallest absolute Gasteiger partial charge is 0.242 e. The molecule has 2 aromatic rings. The summed E-state index contributed by atoms with van der Waals surface area (Å²) in [7, 11) is 0. The number of nitrogens with zero attached hydrogens (tertiary/aromatic N) is 3. The van der Waals surface area contributed by atoms with Crippen LogP contribution in [0, 0.1) is 6.92 Å². The predicted octanol–water partition coefficient (Wildman–Crippen LogP) is 0.860. The lowest BCUT2D eigenvalue weighted by atomic mass is 10.1. The Labute approximate surface area is 146 Å². The molecule has 1 N–H and O–H groups in total. The Hall–Kier alpha value is -2.38. The number of aliphatic hydroxyl groups is 1. The molecular weight excluding hydrogens is 322 g/mol. The number of β-amino-alcohol motifs (C(OH)–C–C–N with tert-alkyl or cyclic N) is 1. The Kier molecular flexibility index (Phi) is 5.35. The molecule has 1 saturated heterocycles. The van der Waals surface area contributed by atoms with E-state index in [1.54, 1.807) is 28.2 Å². The minimum atomic E-state index is -1.25. The number of hydrogen-bond acceptors (Lipinski definition) is 5. The average molecular weight is 345 g/mol. The van der Waals surface area contributed by atoms with Gasteiger partial charge in [0.05, 0.1) is 26.1 Å². The number of benzene rings is 1. The van der Waals surface area contributed by atoms with E-state index >= 15 is 0 Å². The third-order valence-corrected chi connectivity index (χ3v) is 4.18. The highest BCUT2D eigenvalue weighted by Crippen LogP contribution is 2.20. The lowest BCUT2D eigenvalue weighted by molar-refractivity contribution is -0.135. The zero-order chi connectivity index (χ0) is 17.7. The molecule has 25 heavy (non-hydrogen) atoms. The van der Waals surface area contributed by atoms with Gasteiger partial charge in [-0.15, -0.1) is 0 Å². The largest absolute Gasteiger partial charge is 0.490 e. The summed E-state index contributed by atoms with van der Waals surface area (Å²) in [4.78, 5) is 18.1. The second kappa shape index (κ2) is 7.67. The molecule has 7 nitrogen and oxygen atoms in total. The maximum Gasteiger partial charge on any atom is 0.242 e. The second-order valence-corrected chi connectivity index (χ2v) is 6.38. The van der Waals surface area contributed by atoms with Gasteiger partial charge in [-0.1, -0.05) is 18.2 Å². The van der Waals surface area contributed by atoms with E-state index in [4.69, 9.17) is 9.47 Å². The number of carbonyl (C=O) groups excluding carboxylic acids is 1. The minimum Gasteiger partial charge on any atom is -0.490 e. The normalized spacial score (nSPS) is 21.0. The van der Waals surface area contributed by atoms with Crippen molar-refractivity contribution in [3.63, 3.8) is 0 Å². The molecule has 1 aliphatic rings. The molecule has 3 rings (SSSR count). The summed E-state index contributed by atoms with van der Waals surface area (Å²) >= 11 is 0. The van der Waals surface area contributed by atoms with Crippen molar-refractivity contribution < 1.29 is 19.4 Å². The van der Waals surface area contributed by atoms with E-state index in [1.165, 1.54) is 0 Å². The first kappa shape index (κ1) is 17.4. The number of hydrogen-bond donors (Lipinski definition) is 1. The van der Waals surface area contributed by atoms with Crippen molar-refractivity contribution >= 4 is 5.91 Å². The van der Waals surface area contributed by atoms with Gasteiger partial charge in [0.25, 0.3) is 0 Å². The van der Waals surface area contributed by atoms with Crippen LogP contribution in [0.3, 0.4) is 0 Å². The highest BCUT2D eigenvalue weighted by Gasteiger charge is 2.35. The molecule has 0 saturated carbocycles. The van der Waals surface area contributed by atoms with Crippen LogP contribution < -0.4 is 4.74 Å². The number of aryl methyl sites for hydroxylation is 1. The van der Waals surface area contributed by atoms with Crippen LogP contribution in [0.15, 0.2) is 43.0 Å². The second-order valence-electron chi connectivity index (χ2n) is 6.38. The standard InChI is InChI=1S/C18H23N3O4/c1-15-4-2-3-5-16(15)25-13-18(23)11-21(8-9-24-12-18)17(22)10-20-7-6-19-14-20/h2-7,14,23H,8-13H2,1H3. The van der Waals surface area contributed by atoms with Crippen molar-refractivity contribution in [3.8, 4) is 5.75 Å². The fraction of sp³-hybridized carbons (Fsp3) is 0.444. The molecule has 1 atom stereocenters. The van der Waals surface area contributed by atoms with Crippen LogP contribution in [0.1, 0.15) is 5.56 Å². The Balaban J connectivity index is 1.63. The van der Waals surface area contributed by atoms with E-state index in [2.05, 4.69) is 4.98 Å². The molecule has 2 heterocycles. The molecule has 1 aromatic heterocycles. The summed E-state index contributed by atoms with van der Waals surface area (Å²) in [5, 5.41) is 10.9. The molecule has 134 valence electrons. The van der Waals surface area contributed by atoms with Gasteiger partial charge in [0.1, 0.15) is 24.5 Å². The number of ether oxygens (including phenoxy) is 2. The molecule has 1 aromatic carbocycles. The van der Waals surface area contributed by atoms with Gasteiger partial charge in [0, 0.05) is 18.9 Å². The molecule has 0 spiro atoms. The summed E-state index contributed by atoms with van der Waals surface area (Å²) in [6.45, 7) is 3.34. The van der Waals surface area contributed by atoms with Crippen molar-refractivity contribution in [2.75, 3.05) is 32.9 Å². The minimum absolute atomic E-state index is 0.0622. The van der Waals surface area contributed by atoms with E-state index in [0.717, 1.165) is 11.3 Å². The molecule has 7 heteroatoms. The van der Waals surface area contributed by atoms with Gasteiger partial charge in [-0.25, -0.2) is 4.98 Å². The van der Waals surface area contributed by atoms with Gasteiger partial charge in [-0.05, 0) is 18.6 Å². The zero-order valence-corrected chi connectivity index (χ0v) is 14.3. The van der Waals surface area contributed by atoms with Crippen molar-refractivity contribution in [3.05, 3.63) is 48.5 Å². The Morgan fingerprint density at radius 3 is 3.04 bits per heavy atom. The van der Waals surface area contributed by atoms with Crippen LogP contribution in [0.4, 0.5) is 0 Å². The molecule has 0 radical (unpaired) electrons. The van der Waals surface area contributed by atoms with Crippen LogP contribution in [0.2, 0.25) is 0 Å². The van der Waals surface area contributed by atoms with Crippen LogP contribution in [-0.4, -0.2) is 64.0 Å².